The van der Waals surface area contributed by atoms with Crippen LogP contribution in [0.15, 0.2) is 42.9 Å². The Morgan fingerprint density at radius 1 is 1.11 bits per heavy atom. The van der Waals surface area contributed by atoms with Gasteiger partial charge in [-0.3, -0.25) is 19.2 Å². The van der Waals surface area contributed by atoms with E-state index in [0.717, 1.165) is 5.56 Å². The minimum Gasteiger partial charge on any atom is -0.352 e. The Balaban J connectivity index is 1.42. The van der Waals surface area contributed by atoms with Crippen LogP contribution in [0.2, 0.25) is 0 Å². The Kier molecular flexibility index (Phi) is 7.79. The van der Waals surface area contributed by atoms with Crippen LogP contribution < -0.4 is 16.0 Å². The molecule has 1 aromatic carbocycles. The average molecular weight is 481 g/mol. The van der Waals surface area contributed by atoms with Gasteiger partial charge in [0.25, 0.3) is 0 Å². The summed E-state index contributed by atoms with van der Waals surface area (Å²) in [6, 6.07) is 7.70. The molecule has 186 valence electrons. The first-order chi connectivity index (χ1) is 16.9. The summed E-state index contributed by atoms with van der Waals surface area (Å²) in [4.78, 5) is 59.5. The van der Waals surface area contributed by atoms with Gasteiger partial charge in [0.05, 0.1) is 6.33 Å². The first-order valence-electron chi connectivity index (χ1n) is 12.1. The number of aromatic nitrogens is 2. The number of amides is 4. The van der Waals surface area contributed by atoms with Crippen molar-refractivity contribution in [2.75, 3.05) is 6.54 Å². The van der Waals surface area contributed by atoms with Crippen LogP contribution in [0.4, 0.5) is 0 Å². The lowest BCUT2D eigenvalue weighted by Crippen LogP contribution is -2.57. The van der Waals surface area contributed by atoms with Crippen LogP contribution in [0.3, 0.4) is 0 Å². The summed E-state index contributed by atoms with van der Waals surface area (Å²) in [6.07, 6.45) is 5.97. The van der Waals surface area contributed by atoms with Gasteiger partial charge in [-0.2, -0.15) is 0 Å². The second-order valence-corrected chi connectivity index (χ2v) is 9.29. The number of nitrogens with one attached hydrogen (secondary N) is 4. The van der Waals surface area contributed by atoms with E-state index in [4.69, 9.17) is 0 Å². The molecule has 10 nitrogen and oxygen atoms in total. The monoisotopic (exact) mass is 480 g/mol. The predicted octanol–water partition coefficient (Wildman–Crippen LogP) is 0.454. The molecule has 4 atom stereocenters. The second-order valence-electron chi connectivity index (χ2n) is 9.29. The van der Waals surface area contributed by atoms with Crippen molar-refractivity contribution in [3.8, 4) is 0 Å². The van der Waals surface area contributed by atoms with E-state index < -0.39 is 24.0 Å². The largest absolute Gasteiger partial charge is 0.352 e. The Bertz CT molecular complexity index is 1040. The highest BCUT2D eigenvalue weighted by molar-refractivity contribution is 5.95. The van der Waals surface area contributed by atoms with E-state index in [-0.39, 0.29) is 36.6 Å². The smallest absolute Gasteiger partial charge is 0.246 e. The van der Waals surface area contributed by atoms with Gasteiger partial charge in [0.2, 0.25) is 23.6 Å². The summed E-state index contributed by atoms with van der Waals surface area (Å²) in [5, 5.41) is 8.48. The number of benzene rings is 1. The van der Waals surface area contributed by atoms with Gasteiger partial charge in [-0.15, -0.1) is 0 Å². The van der Waals surface area contributed by atoms with Crippen LogP contribution in [0.1, 0.15) is 43.9 Å². The van der Waals surface area contributed by atoms with Crippen LogP contribution >= 0.6 is 0 Å². The molecule has 0 aliphatic carbocycles. The Hall–Kier alpha value is -3.69. The van der Waals surface area contributed by atoms with E-state index in [1.165, 1.54) is 6.33 Å². The molecule has 10 heteroatoms. The summed E-state index contributed by atoms with van der Waals surface area (Å²) in [5.41, 5.74) is 1.82. The molecule has 4 N–H and O–H groups in total. The fraction of sp³-hybridized carbons (Fsp3) is 0.480. The summed E-state index contributed by atoms with van der Waals surface area (Å²) in [6.45, 7) is 2.39. The van der Waals surface area contributed by atoms with Crippen LogP contribution in [0, 0.1) is 0 Å². The first-order valence-corrected chi connectivity index (χ1v) is 12.1. The number of carbonyl (C=O) groups is 4. The Morgan fingerprint density at radius 3 is 2.60 bits per heavy atom. The van der Waals surface area contributed by atoms with Crippen molar-refractivity contribution in [2.45, 2.75) is 69.6 Å². The van der Waals surface area contributed by atoms with E-state index in [1.54, 1.807) is 11.1 Å². The molecular weight excluding hydrogens is 448 g/mol. The lowest BCUT2D eigenvalue weighted by Gasteiger charge is -2.30. The molecule has 4 amide bonds. The van der Waals surface area contributed by atoms with Crippen molar-refractivity contribution in [2.24, 2.45) is 0 Å². The maximum atomic E-state index is 13.6. The third-order valence-electron chi connectivity index (χ3n) is 6.52. The van der Waals surface area contributed by atoms with Gasteiger partial charge in [-0.25, -0.2) is 4.98 Å². The van der Waals surface area contributed by atoms with Gasteiger partial charge in [-0.1, -0.05) is 30.3 Å². The molecule has 0 radical (unpaired) electrons. The van der Waals surface area contributed by atoms with Crippen molar-refractivity contribution < 1.29 is 19.2 Å². The summed E-state index contributed by atoms with van der Waals surface area (Å²) < 4.78 is 0. The minimum atomic E-state index is -0.879. The fourth-order valence-electron chi connectivity index (χ4n) is 4.76. The first kappa shape index (κ1) is 24.4. The number of hydrogen-bond acceptors (Lipinski definition) is 5. The predicted molar refractivity (Wildman–Crippen MR) is 128 cm³/mol. The molecule has 1 unspecified atom stereocenters. The molecule has 1 aromatic heterocycles. The van der Waals surface area contributed by atoms with Crippen LogP contribution in [0.5, 0.6) is 0 Å². The standard InChI is InChI=1S/C25H32N6O4/c1-16(12-17-6-3-2-4-7-17)28-24(34)21-8-5-11-31(21)25(35)20(13-18-14-26-15-27-18)30-23(33)19-9-10-22(32)29-19/h2-4,6-7,14-16,19-21H,5,8-13H2,1H3,(H,26,27)(H,28,34)(H,29,32)(H,30,33)/t16?,19-,20-,21-/m0/s1. The molecule has 0 spiro atoms. The molecule has 2 fully saturated rings. The second kappa shape index (κ2) is 11.2. The van der Waals surface area contributed by atoms with Crippen molar-refractivity contribution in [1.29, 1.82) is 0 Å². The molecule has 2 saturated heterocycles. The van der Waals surface area contributed by atoms with Crippen molar-refractivity contribution >= 4 is 23.6 Å². The maximum Gasteiger partial charge on any atom is 0.246 e. The van der Waals surface area contributed by atoms with Gasteiger partial charge in [0.1, 0.15) is 18.1 Å². The zero-order valence-electron chi connectivity index (χ0n) is 19.8. The molecule has 2 aliphatic heterocycles. The van der Waals surface area contributed by atoms with Crippen LogP contribution in [-0.2, 0) is 32.0 Å². The molecule has 35 heavy (non-hydrogen) atoms. The topological polar surface area (TPSA) is 136 Å². The SMILES string of the molecule is CC(Cc1ccccc1)NC(=O)[C@@H]1CCCN1C(=O)[C@H](Cc1cnc[nH]1)NC(=O)[C@@H]1CCC(=O)N1. The molecule has 0 bridgehead atoms. The zero-order valence-corrected chi connectivity index (χ0v) is 19.8. The lowest BCUT2D eigenvalue weighted by molar-refractivity contribution is -0.141. The molecule has 2 aliphatic rings. The zero-order chi connectivity index (χ0) is 24.8. The van der Waals surface area contributed by atoms with E-state index in [2.05, 4.69) is 25.9 Å². The van der Waals surface area contributed by atoms with Gasteiger partial charge >= 0.3 is 0 Å². The molecular formula is C25H32N6O4. The van der Waals surface area contributed by atoms with Gasteiger partial charge in [0, 0.05) is 37.3 Å². The van der Waals surface area contributed by atoms with Gasteiger partial charge in [-0.05, 0) is 38.2 Å². The summed E-state index contributed by atoms with van der Waals surface area (Å²) in [7, 11) is 0. The van der Waals surface area contributed by atoms with E-state index in [0.29, 0.717) is 37.9 Å². The molecule has 4 rings (SSSR count). The number of imidazole rings is 1. The van der Waals surface area contributed by atoms with Crippen LogP contribution in [0.25, 0.3) is 0 Å². The third kappa shape index (κ3) is 6.26. The fourth-order valence-corrected chi connectivity index (χ4v) is 4.76. The van der Waals surface area contributed by atoms with Crippen LogP contribution in [-0.4, -0.2) is 69.2 Å². The number of likely N-dealkylation sites (tertiary alicyclic amines) is 1. The van der Waals surface area contributed by atoms with Crippen molar-refractivity contribution in [1.82, 2.24) is 30.8 Å². The average Bonchev–Trinajstić information content (AvgIpc) is 3.61. The highest BCUT2D eigenvalue weighted by atomic mass is 16.2. The highest BCUT2D eigenvalue weighted by Gasteiger charge is 2.39. The molecule has 0 saturated carbocycles. The minimum absolute atomic E-state index is 0.0890. The number of hydrogen-bond donors (Lipinski definition) is 4. The number of aromatic amines is 1. The number of carbonyl (C=O) groups excluding carboxylic acids is 4. The number of nitrogens with zero attached hydrogens (tertiary/aromatic N) is 2. The van der Waals surface area contributed by atoms with E-state index in [1.807, 2.05) is 37.3 Å². The van der Waals surface area contributed by atoms with Gasteiger partial charge in [0.15, 0.2) is 0 Å². The number of H-pyrrole nitrogens is 1. The Labute approximate surface area is 204 Å². The van der Waals surface area contributed by atoms with E-state index in [9.17, 15) is 19.2 Å². The quantitative estimate of drug-likeness (QED) is 0.413. The summed E-state index contributed by atoms with van der Waals surface area (Å²) in [5.74, 6) is -1.08. The summed E-state index contributed by atoms with van der Waals surface area (Å²) >= 11 is 0. The maximum absolute atomic E-state index is 13.6. The van der Waals surface area contributed by atoms with Crippen molar-refractivity contribution in [3.05, 3.63) is 54.1 Å². The normalized spacial score (nSPS) is 21.3. The molecule has 3 heterocycles. The lowest BCUT2D eigenvalue weighted by atomic mass is 10.1. The van der Waals surface area contributed by atoms with Crippen molar-refractivity contribution in [3.63, 3.8) is 0 Å². The van der Waals surface area contributed by atoms with Gasteiger partial charge < -0.3 is 25.8 Å². The highest BCUT2D eigenvalue weighted by Crippen LogP contribution is 2.20. The number of rotatable bonds is 9. The molecule has 2 aromatic rings. The van der Waals surface area contributed by atoms with E-state index >= 15 is 0 Å². The third-order valence-corrected chi connectivity index (χ3v) is 6.52. The Morgan fingerprint density at radius 2 is 1.91 bits per heavy atom.